The fraction of sp³-hybridized carbons (Fsp3) is 0.538. The smallest absolute Gasteiger partial charge is 0.175 e. The summed E-state index contributed by atoms with van der Waals surface area (Å²) >= 11 is 3.51. The van der Waals surface area contributed by atoms with Crippen LogP contribution in [0.1, 0.15) is 31.2 Å². The number of hydrogen-bond donors (Lipinski definition) is 1. The molecule has 92 valence electrons. The highest BCUT2D eigenvalue weighted by Gasteiger charge is 2.38. The molecule has 0 radical (unpaired) electrons. The van der Waals surface area contributed by atoms with E-state index in [1.54, 1.807) is 0 Å². The van der Waals surface area contributed by atoms with Crippen molar-refractivity contribution in [3.63, 3.8) is 0 Å². The number of fused-ring (bicyclic) bond motifs is 1. The van der Waals surface area contributed by atoms with Crippen LogP contribution in [0, 0.1) is 0 Å². The third-order valence-electron chi connectivity index (χ3n) is 3.63. The van der Waals surface area contributed by atoms with Gasteiger partial charge in [0.15, 0.2) is 11.5 Å². The van der Waals surface area contributed by atoms with Crippen molar-refractivity contribution in [2.24, 2.45) is 5.73 Å². The highest BCUT2D eigenvalue weighted by atomic mass is 79.9. The van der Waals surface area contributed by atoms with Crippen molar-refractivity contribution in [1.82, 2.24) is 0 Å². The topological polar surface area (TPSA) is 44.5 Å². The molecule has 17 heavy (non-hydrogen) atoms. The Morgan fingerprint density at radius 2 is 1.76 bits per heavy atom. The molecule has 2 aliphatic rings. The van der Waals surface area contributed by atoms with E-state index >= 15 is 0 Å². The lowest BCUT2D eigenvalue weighted by Gasteiger charge is -2.39. The molecule has 1 heterocycles. The molecule has 0 saturated heterocycles. The summed E-state index contributed by atoms with van der Waals surface area (Å²) in [6.07, 6.45) is 4.18. The molecule has 0 amide bonds. The molecular formula is C13H16BrNO2. The van der Waals surface area contributed by atoms with E-state index in [1.807, 2.05) is 6.07 Å². The van der Waals surface area contributed by atoms with E-state index in [0.29, 0.717) is 13.2 Å². The molecule has 1 aliphatic heterocycles. The first kappa shape index (κ1) is 11.4. The van der Waals surface area contributed by atoms with Crippen LogP contribution in [0.4, 0.5) is 0 Å². The SMILES string of the molecule is NC1(c2ccc(Br)c3c2OCCCO3)CCC1. The van der Waals surface area contributed by atoms with Crippen molar-refractivity contribution in [2.75, 3.05) is 13.2 Å². The third kappa shape index (κ3) is 1.83. The van der Waals surface area contributed by atoms with E-state index in [1.165, 1.54) is 6.42 Å². The van der Waals surface area contributed by atoms with E-state index in [-0.39, 0.29) is 5.54 Å². The molecule has 1 aromatic carbocycles. The van der Waals surface area contributed by atoms with Gasteiger partial charge >= 0.3 is 0 Å². The number of hydrogen-bond acceptors (Lipinski definition) is 3. The van der Waals surface area contributed by atoms with E-state index in [2.05, 4.69) is 22.0 Å². The van der Waals surface area contributed by atoms with Gasteiger partial charge in [-0.3, -0.25) is 0 Å². The molecule has 2 N–H and O–H groups in total. The Balaban J connectivity index is 2.10. The molecule has 0 spiro atoms. The number of benzene rings is 1. The highest BCUT2D eigenvalue weighted by molar-refractivity contribution is 9.10. The first-order valence-electron chi connectivity index (χ1n) is 6.08. The van der Waals surface area contributed by atoms with Crippen LogP contribution < -0.4 is 15.2 Å². The third-order valence-corrected chi connectivity index (χ3v) is 4.25. The average Bonchev–Trinajstić information content (AvgIpc) is 2.53. The second-order valence-corrected chi connectivity index (χ2v) is 5.67. The van der Waals surface area contributed by atoms with Gasteiger partial charge in [0.05, 0.1) is 17.7 Å². The lowest BCUT2D eigenvalue weighted by Crippen LogP contribution is -2.43. The van der Waals surface area contributed by atoms with Crippen LogP contribution >= 0.6 is 15.9 Å². The maximum Gasteiger partial charge on any atom is 0.175 e. The fourth-order valence-electron chi connectivity index (χ4n) is 2.44. The zero-order valence-corrected chi connectivity index (χ0v) is 11.3. The van der Waals surface area contributed by atoms with Gasteiger partial charge in [0.25, 0.3) is 0 Å². The molecule has 1 fully saturated rings. The van der Waals surface area contributed by atoms with E-state index < -0.39 is 0 Å². The summed E-state index contributed by atoms with van der Waals surface area (Å²) in [4.78, 5) is 0. The predicted octanol–water partition coefficient (Wildman–Crippen LogP) is 2.95. The normalized spacial score (nSPS) is 21.5. The quantitative estimate of drug-likeness (QED) is 0.867. The zero-order valence-electron chi connectivity index (χ0n) is 9.67. The Kier molecular flexibility index (Phi) is 2.79. The summed E-state index contributed by atoms with van der Waals surface area (Å²) in [5, 5.41) is 0. The maximum atomic E-state index is 6.40. The average molecular weight is 298 g/mol. The second kappa shape index (κ2) is 4.18. The maximum absolute atomic E-state index is 6.40. The minimum absolute atomic E-state index is 0.210. The number of halogens is 1. The van der Waals surface area contributed by atoms with E-state index in [0.717, 1.165) is 40.8 Å². The van der Waals surface area contributed by atoms with Crippen LogP contribution in [0.5, 0.6) is 11.5 Å². The van der Waals surface area contributed by atoms with Gasteiger partial charge in [0.2, 0.25) is 0 Å². The van der Waals surface area contributed by atoms with Gasteiger partial charge in [-0.05, 0) is 41.3 Å². The summed E-state index contributed by atoms with van der Waals surface area (Å²) in [6.45, 7) is 1.40. The van der Waals surface area contributed by atoms with Gasteiger partial charge in [0.1, 0.15) is 0 Å². The van der Waals surface area contributed by atoms with Crippen LogP contribution in [0.3, 0.4) is 0 Å². The molecule has 1 aliphatic carbocycles. The Morgan fingerprint density at radius 1 is 1.06 bits per heavy atom. The minimum atomic E-state index is -0.210. The molecule has 3 nitrogen and oxygen atoms in total. The number of nitrogens with two attached hydrogens (primary N) is 1. The summed E-state index contributed by atoms with van der Waals surface area (Å²) in [5.41, 5.74) is 7.29. The van der Waals surface area contributed by atoms with Crippen molar-refractivity contribution in [1.29, 1.82) is 0 Å². The molecule has 1 aromatic rings. The van der Waals surface area contributed by atoms with Crippen LogP contribution in [0.2, 0.25) is 0 Å². The van der Waals surface area contributed by atoms with Crippen molar-refractivity contribution < 1.29 is 9.47 Å². The minimum Gasteiger partial charge on any atom is -0.489 e. The van der Waals surface area contributed by atoms with Gasteiger partial charge in [-0.25, -0.2) is 0 Å². The lowest BCUT2D eigenvalue weighted by molar-refractivity contribution is 0.236. The molecule has 4 heteroatoms. The molecular weight excluding hydrogens is 282 g/mol. The van der Waals surface area contributed by atoms with Crippen molar-refractivity contribution in [3.05, 3.63) is 22.2 Å². The van der Waals surface area contributed by atoms with Gasteiger partial charge in [0, 0.05) is 17.5 Å². The zero-order chi connectivity index (χ0) is 11.9. The van der Waals surface area contributed by atoms with Gasteiger partial charge < -0.3 is 15.2 Å². The summed E-state index contributed by atoms with van der Waals surface area (Å²) in [5.74, 6) is 1.66. The summed E-state index contributed by atoms with van der Waals surface area (Å²) in [6, 6.07) is 4.08. The summed E-state index contributed by atoms with van der Waals surface area (Å²) in [7, 11) is 0. The Labute approximate surface area is 109 Å². The van der Waals surface area contributed by atoms with Gasteiger partial charge in [-0.2, -0.15) is 0 Å². The fourth-order valence-corrected chi connectivity index (χ4v) is 2.87. The Morgan fingerprint density at radius 3 is 2.41 bits per heavy atom. The van der Waals surface area contributed by atoms with Crippen LogP contribution in [0.25, 0.3) is 0 Å². The van der Waals surface area contributed by atoms with E-state index in [4.69, 9.17) is 15.2 Å². The molecule has 0 unspecified atom stereocenters. The Hall–Kier alpha value is -0.740. The standard InChI is InChI=1S/C13H16BrNO2/c14-10-4-3-9(13(15)5-1-6-13)11-12(10)17-8-2-7-16-11/h3-4H,1-2,5-8,15H2. The highest BCUT2D eigenvalue weighted by Crippen LogP contribution is 2.48. The molecule has 0 atom stereocenters. The summed E-state index contributed by atoms with van der Waals surface area (Å²) < 4.78 is 12.5. The van der Waals surface area contributed by atoms with Crippen molar-refractivity contribution >= 4 is 15.9 Å². The van der Waals surface area contributed by atoms with Crippen molar-refractivity contribution in [2.45, 2.75) is 31.2 Å². The number of ether oxygens (including phenoxy) is 2. The predicted molar refractivity (Wildman–Crippen MR) is 69.5 cm³/mol. The first-order chi connectivity index (χ1) is 8.21. The van der Waals surface area contributed by atoms with Gasteiger partial charge in [-0.15, -0.1) is 0 Å². The largest absolute Gasteiger partial charge is 0.489 e. The molecule has 3 rings (SSSR count). The van der Waals surface area contributed by atoms with Crippen LogP contribution in [-0.2, 0) is 5.54 Å². The number of rotatable bonds is 1. The van der Waals surface area contributed by atoms with E-state index in [9.17, 15) is 0 Å². The van der Waals surface area contributed by atoms with Crippen LogP contribution in [-0.4, -0.2) is 13.2 Å². The Bertz CT molecular complexity index is 443. The lowest BCUT2D eigenvalue weighted by atomic mass is 9.72. The second-order valence-electron chi connectivity index (χ2n) is 4.81. The van der Waals surface area contributed by atoms with Crippen LogP contribution in [0.15, 0.2) is 16.6 Å². The van der Waals surface area contributed by atoms with Gasteiger partial charge in [-0.1, -0.05) is 6.07 Å². The molecule has 0 bridgehead atoms. The monoisotopic (exact) mass is 297 g/mol. The van der Waals surface area contributed by atoms with Crippen molar-refractivity contribution in [3.8, 4) is 11.5 Å². The molecule has 0 aromatic heterocycles. The molecule has 1 saturated carbocycles. The first-order valence-corrected chi connectivity index (χ1v) is 6.87.